The van der Waals surface area contributed by atoms with Crippen molar-refractivity contribution in [1.29, 1.82) is 0 Å². The van der Waals surface area contributed by atoms with Gasteiger partial charge in [-0.05, 0) is 31.0 Å². The van der Waals surface area contributed by atoms with E-state index in [9.17, 15) is 14.0 Å². The quantitative estimate of drug-likeness (QED) is 0.463. The van der Waals surface area contributed by atoms with Crippen LogP contribution in [-0.2, 0) is 24.9 Å². The summed E-state index contributed by atoms with van der Waals surface area (Å²) in [5.74, 6) is 0.243. The van der Waals surface area contributed by atoms with Crippen LogP contribution in [0.25, 0.3) is 16.9 Å². The number of rotatable bonds is 6. The average Bonchev–Trinajstić information content (AvgIpc) is 3.21. The highest BCUT2D eigenvalue weighted by atomic mass is 19.1. The predicted molar refractivity (Wildman–Crippen MR) is 107 cm³/mol. The number of hydrogen-bond donors (Lipinski definition) is 0. The fourth-order valence-corrected chi connectivity index (χ4v) is 3.61. The molecule has 9 heteroatoms. The number of aryl methyl sites for hydroxylation is 3. The Balaban J connectivity index is 1.90. The van der Waals surface area contributed by atoms with E-state index in [0.717, 1.165) is 16.7 Å². The maximum Gasteiger partial charge on any atom is 0.332 e. The van der Waals surface area contributed by atoms with Gasteiger partial charge in [-0.1, -0.05) is 12.1 Å². The van der Waals surface area contributed by atoms with Crippen LogP contribution in [0.5, 0.6) is 0 Å². The van der Waals surface area contributed by atoms with E-state index in [0.29, 0.717) is 35.7 Å². The van der Waals surface area contributed by atoms with Crippen LogP contribution < -0.4 is 11.2 Å². The van der Waals surface area contributed by atoms with Crippen molar-refractivity contribution < 1.29 is 9.13 Å². The zero-order chi connectivity index (χ0) is 20.7. The molecule has 152 valence electrons. The van der Waals surface area contributed by atoms with E-state index < -0.39 is 11.2 Å². The van der Waals surface area contributed by atoms with Crippen molar-refractivity contribution in [2.24, 2.45) is 7.05 Å². The number of methoxy groups -OCH3 is 1. The zero-order valence-electron chi connectivity index (χ0n) is 16.6. The van der Waals surface area contributed by atoms with Crippen LogP contribution in [0.2, 0.25) is 0 Å². The maximum absolute atomic E-state index is 13.2. The van der Waals surface area contributed by atoms with Gasteiger partial charge in [0.1, 0.15) is 5.82 Å². The van der Waals surface area contributed by atoms with Gasteiger partial charge in [-0.15, -0.1) is 0 Å². The van der Waals surface area contributed by atoms with Crippen LogP contribution in [0, 0.1) is 12.7 Å². The Morgan fingerprint density at radius 3 is 2.55 bits per heavy atom. The Hall–Kier alpha value is -3.20. The molecule has 0 amide bonds. The molecule has 4 rings (SSSR count). The van der Waals surface area contributed by atoms with E-state index in [1.807, 2.05) is 17.7 Å². The molecule has 0 N–H and O–H groups in total. The molecule has 0 aliphatic heterocycles. The third-order valence-corrected chi connectivity index (χ3v) is 5.12. The van der Waals surface area contributed by atoms with Gasteiger partial charge in [0, 0.05) is 39.2 Å². The lowest BCUT2D eigenvalue weighted by Crippen LogP contribution is -2.39. The van der Waals surface area contributed by atoms with Crippen LogP contribution in [0.4, 0.5) is 4.39 Å². The van der Waals surface area contributed by atoms with Crippen LogP contribution in [0.15, 0.2) is 40.1 Å². The van der Waals surface area contributed by atoms with Crippen LogP contribution in [0.3, 0.4) is 0 Å². The minimum absolute atomic E-state index is 0.0580. The standard InChI is InChI=1S/C20H22FN5O3/c1-13-11-25-16-17(22-19(25)24(13)9-4-10-29-3)23(2)20(28)26(18(16)27)12-14-5-7-15(21)8-6-14/h5-8,11H,4,9-10,12H2,1-3H3. The molecule has 0 unspecified atom stereocenters. The molecule has 1 aromatic carbocycles. The molecule has 8 nitrogen and oxygen atoms in total. The van der Waals surface area contributed by atoms with Gasteiger partial charge in [0.2, 0.25) is 5.78 Å². The maximum atomic E-state index is 13.2. The summed E-state index contributed by atoms with van der Waals surface area (Å²) >= 11 is 0. The molecule has 0 bridgehead atoms. The Bertz CT molecular complexity index is 1310. The molecule has 0 aliphatic rings. The number of benzene rings is 1. The van der Waals surface area contributed by atoms with Gasteiger partial charge < -0.3 is 9.30 Å². The van der Waals surface area contributed by atoms with Gasteiger partial charge in [0.25, 0.3) is 5.56 Å². The molecule has 0 radical (unpaired) electrons. The van der Waals surface area contributed by atoms with E-state index in [1.165, 1.54) is 16.7 Å². The first-order valence-electron chi connectivity index (χ1n) is 9.33. The third-order valence-electron chi connectivity index (χ3n) is 5.12. The number of fused-ring (bicyclic) bond motifs is 3. The minimum Gasteiger partial charge on any atom is -0.385 e. The van der Waals surface area contributed by atoms with E-state index in [1.54, 1.807) is 30.7 Å². The van der Waals surface area contributed by atoms with Crippen molar-refractivity contribution in [3.05, 3.63) is 68.4 Å². The first-order valence-corrected chi connectivity index (χ1v) is 9.33. The van der Waals surface area contributed by atoms with Crippen LogP contribution >= 0.6 is 0 Å². The third kappa shape index (κ3) is 3.17. The summed E-state index contributed by atoms with van der Waals surface area (Å²) < 4.78 is 24.6. The van der Waals surface area contributed by atoms with Crippen molar-refractivity contribution >= 4 is 16.9 Å². The van der Waals surface area contributed by atoms with E-state index >= 15 is 0 Å². The monoisotopic (exact) mass is 399 g/mol. The van der Waals surface area contributed by atoms with Crippen LogP contribution in [0.1, 0.15) is 17.7 Å². The van der Waals surface area contributed by atoms with Crippen molar-refractivity contribution in [3.8, 4) is 0 Å². The summed E-state index contributed by atoms with van der Waals surface area (Å²) in [6.45, 7) is 3.32. The summed E-state index contributed by atoms with van der Waals surface area (Å²) in [5, 5.41) is 0. The second-order valence-electron chi connectivity index (χ2n) is 7.08. The molecule has 29 heavy (non-hydrogen) atoms. The van der Waals surface area contributed by atoms with Gasteiger partial charge in [-0.2, -0.15) is 4.98 Å². The molecule has 3 aromatic heterocycles. The molecule has 0 saturated carbocycles. The molecule has 0 aliphatic carbocycles. The van der Waals surface area contributed by atoms with Crippen LogP contribution in [-0.4, -0.2) is 36.8 Å². The molecule has 0 saturated heterocycles. The minimum atomic E-state index is -0.463. The van der Waals surface area contributed by atoms with Crippen molar-refractivity contribution in [2.75, 3.05) is 13.7 Å². The lowest BCUT2D eigenvalue weighted by atomic mass is 10.2. The van der Waals surface area contributed by atoms with Gasteiger partial charge >= 0.3 is 5.69 Å². The molecule has 4 aromatic rings. The second kappa shape index (κ2) is 7.32. The molecular weight excluding hydrogens is 377 g/mol. The first-order chi connectivity index (χ1) is 13.9. The number of hydrogen-bond acceptors (Lipinski definition) is 4. The van der Waals surface area contributed by atoms with Gasteiger partial charge in [0.15, 0.2) is 11.2 Å². The summed E-state index contributed by atoms with van der Waals surface area (Å²) in [5.41, 5.74) is 1.43. The summed E-state index contributed by atoms with van der Waals surface area (Å²) in [4.78, 5) is 30.6. The zero-order valence-corrected chi connectivity index (χ0v) is 16.6. The number of imidazole rings is 2. The first kappa shape index (κ1) is 19.1. The Morgan fingerprint density at radius 2 is 1.86 bits per heavy atom. The Labute approximate surface area is 165 Å². The Kier molecular flexibility index (Phi) is 4.83. The van der Waals surface area contributed by atoms with E-state index in [-0.39, 0.29) is 12.4 Å². The summed E-state index contributed by atoms with van der Waals surface area (Å²) in [6.07, 6.45) is 2.66. The molecule has 0 fully saturated rings. The van der Waals surface area contributed by atoms with Crippen molar-refractivity contribution in [1.82, 2.24) is 23.1 Å². The number of ether oxygens (including phenoxy) is 1. The SMILES string of the molecule is COCCCn1c(C)cn2c3c(=O)n(Cc4ccc(F)cc4)c(=O)n(C)c3nc12. The molecule has 0 atom stereocenters. The number of halogens is 1. The highest BCUT2D eigenvalue weighted by Gasteiger charge is 2.20. The highest BCUT2D eigenvalue weighted by molar-refractivity contribution is 5.75. The lowest BCUT2D eigenvalue weighted by molar-refractivity contribution is 0.190. The fraction of sp³-hybridized carbons (Fsp3) is 0.350. The van der Waals surface area contributed by atoms with Crippen molar-refractivity contribution in [3.63, 3.8) is 0 Å². The van der Waals surface area contributed by atoms with E-state index in [2.05, 4.69) is 4.98 Å². The van der Waals surface area contributed by atoms with Crippen molar-refractivity contribution in [2.45, 2.75) is 26.4 Å². The second-order valence-corrected chi connectivity index (χ2v) is 7.08. The number of nitrogens with zero attached hydrogens (tertiary/aromatic N) is 5. The average molecular weight is 399 g/mol. The predicted octanol–water partition coefficient (Wildman–Crippen LogP) is 1.68. The molecular formula is C20H22FN5O3. The summed E-state index contributed by atoms with van der Waals surface area (Å²) in [7, 11) is 3.25. The number of aromatic nitrogens is 5. The topological polar surface area (TPSA) is 75.5 Å². The highest BCUT2D eigenvalue weighted by Crippen LogP contribution is 2.17. The fourth-order valence-electron chi connectivity index (χ4n) is 3.61. The Morgan fingerprint density at radius 1 is 1.14 bits per heavy atom. The summed E-state index contributed by atoms with van der Waals surface area (Å²) in [6, 6.07) is 5.75. The lowest BCUT2D eigenvalue weighted by Gasteiger charge is -2.08. The van der Waals surface area contributed by atoms with Gasteiger partial charge in [0.05, 0.1) is 6.54 Å². The normalized spacial score (nSPS) is 11.7. The van der Waals surface area contributed by atoms with E-state index in [4.69, 9.17) is 4.74 Å². The van der Waals surface area contributed by atoms with Gasteiger partial charge in [-0.25, -0.2) is 9.18 Å². The largest absolute Gasteiger partial charge is 0.385 e. The smallest absolute Gasteiger partial charge is 0.332 e. The molecule has 0 spiro atoms. The molecule has 3 heterocycles. The van der Waals surface area contributed by atoms with Gasteiger partial charge in [-0.3, -0.25) is 18.3 Å².